The van der Waals surface area contributed by atoms with E-state index < -0.39 is 12.0 Å². The summed E-state index contributed by atoms with van der Waals surface area (Å²) >= 11 is 4.74. The van der Waals surface area contributed by atoms with E-state index in [1.165, 1.54) is 11.3 Å². The summed E-state index contributed by atoms with van der Waals surface area (Å²) in [6, 6.07) is 22.3. The van der Waals surface area contributed by atoms with Gasteiger partial charge in [0.1, 0.15) is 23.3 Å². The van der Waals surface area contributed by atoms with Gasteiger partial charge in [0.2, 0.25) is 0 Å². The molecular formula is C32H25BrN2O5S. The minimum Gasteiger partial charge on any atom is -0.496 e. The maximum absolute atomic E-state index is 14.1. The SMILES string of the molecule is CCOC(=O)C1=C(C)N=c2s/c(=C\c3ccc(-c4cccc(Br)c4)o3)c(=O)n2[C@H]1c1c(OC)ccc2ccccc12. The Morgan fingerprint density at radius 1 is 1.12 bits per heavy atom. The lowest BCUT2D eigenvalue weighted by Crippen LogP contribution is -2.40. The van der Waals surface area contributed by atoms with Gasteiger partial charge >= 0.3 is 5.97 Å². The molecule has 1 aliphatic rings. The van der Waals surface area contributed by atoms with Crippen molar-refractivity contribution in [2.45, 2.75) is 19.9 Å². The molecule has 7 nitrogen and oxygen atoms in total. The topological polar surface area (TPSA) is 83.0 Å². The zero-order chi connectivity index (χ0) is 28.7. The van der Waals surface area contributed by atoms with Gasteiger partial charge in [-0.1, -0.05) is 69.7 Å². The Morgan fingerprint density at radius 2 is 1.95 bits per heavy atom. The van der Waals surface area contributed by atoms with Crippen LogP contribution < -0.4 is 19.6 Å². The second-order valence-electron chi connectivity index (χ2n) is 9.42. The monoisotopic (exact) mass is 628 g/mol. The summed E-state index contributed by atoms with van der Waals surface area (Å²) < 4.78 is 20.3. The number of furan rings is 1. The normalized spacial score (nSPS) is 15.1. The maximum Gasteiger partial charge on any atom is 0.338 e. The molecule has 0 N–H and O–H groups in total. The number of esters is 1. The molecule has 0 unspecified atom stereocenters. The predicted molar refractivity (Wildman–Crippen MR) is 163 cm³/mol. The third kappa shape index (κ3) is 4.85. The van der Waals surface area contributed by atoms with Gasteiger partial charge in [-0.05, 0) is 55.0 Å². The minimum atomic E-state index is -0.803. The first kappa shape index (κ1) is 27.0. The van der Waals surface area contributed by atoms with Crippen molar-refractivity contribution in [1.29, 1.82) is 0 Å². The smallest absolute Gasteiger partial charge is 0.338 e. The van der Waals surface area contributed by atoms with E-state index >= 15 is 0 Å². The summed E-state index contributed by atoms with van der Waals surface area (Å²) in [5.41, 5.74) is 2.12. The van der Waals surface area contributed by atoms with E-state index in [-0.39, 0.29) is 12.2 Å². The molecule has 0 spiro atoms. The number of carbonyl (C=O) groups excluding carboxylic acids is 1. The lowest BCUT2D eigenvalue weighted by molar-refractivity contribution is -0.139. The molecule has 0 amide bonds. The number of ether oxygens (including phenoxy) is 2. The summed E-state index contributed by atoms with van der Waals surface area (Å²) in [6.07, 6.45) is 1.71. The standard InChI is InChI=1S/C32H25BrN2O5S/c1-4-39-31(37)27-18(2)34-32-35(29(27)28-23-11-6-5-8-19(23)12-14-25(28)38-3)30(36)26(41-32)17-22-13-15-24(40-22)20-9-7-10-21(33)16-20/h5-17,29H,4H2,1-3H3/b26-17-/t29-/m1/s1. The van der Waals surface area contributed by atoms with Crippen LogP contribution in [0.2, 0.25) is 0 Å². The average molecular weight is 630 g/mol. The number of methoxy groups -OCH3 is 1. The number of fused-ring (bicyclic) bond motifs is 2. The van der Waals surface area contributed by atoms with Crippen LogP contribution >= 0.6 is 27.3 Å². The molecule has 1 atom stereocenters. The quantitative estimate of drug-likeness (QED) is 0.216. The molecule has 6 rings (SSSR count). The number of aromatic nitrogens is 1. The van der Waals surface area contributed by atoms with Crippen LogP contribution in [0.25, 0.3) is 28.2 Å². The van der Waals surface area contributed by atoms with Crippen molar-refractivity contribution in [3.63, 3.8) is 0 Å². The van der Waals surface area contributed by atoms with Crippen molar-refractivity contribution in [1.82, 2.24) is 4.57 Å². The van der Waals surface area contributed by atoms with Gasteiger partial charge in [0.05, 0.1) is 29.5 Å². The van der Waals surface area contributed by atoms with Crippen molar-refractivity contribution in [2.24, 2.45) is 4.99 Å². The number of rotatable bonds is 6. The summed E-state index contributed by atoms with van der Waals surface area (Å²) in [5.74, 6) is 1.26. The fourth-order valence-electron chi connectivity index (χ4n) is 5.16. The van der Waals surface area contributed by atoms with Crippen LogP contribution in [0.4, 0.5) is 0 Å². The van der Waals surface area contributed by atoms with Gasteiger partial charge in [-0.3, -0.25) is 9.36 Å². The van der Waals surface area contributed by atoms with Crippen LogP contribution in [-0.4, -0.2) is 24.3 Å². The molecule has 41 heavy (non-hydrogen) atoms. The zero-order valence-corrected chi connectivity index (χ0v) is 24.9. The number of halogens is 1. The van der Waals surface area contributed by atoms with Crippen molar-refractivity contribution in [3.05, 3.63) is 120 Å². The molecule has 0 bridgehead atoms. The van der Waals surface area contributed by atoms with Gasteiger partial charge in [0, 0.05) is 21.7 Å². The molecule has 2 aromatic heterocycles. The highest BCUT2D eigenvalue weighted by molar-refractivity contribution is 9.10. The van der Waals surface area contributed by atoms with E-state index in [1.54, 1.807) is 31.6 Å². The van der Waals surface area contributed by atoms with E-state index in [2.05, 4.69) is 15.9 Å². The average Bonchev–Trinajstić information content (AvgIpc) is 3.56. The minimum absolute atomic E-state index is 0.193. The molecule has 206 valence electrons. The third-order valence-electron chi connectivity index (χ3n) is 6.95. The number of hydrogen-bond donors (Lipinski definition) is 0. The van der Waals surface area contributed by atoms with Crippen LogP contribution in [0.5, 0.6) is 5.75 Å². The highest BCUT2D eigenvalue weighted by Gasteiger charge is 2.36. The fraction of sp³-hybridized carbons (Fsp3) is 0.156. The highest BCUT2D eigenvalue weighted by Crippen LogP contribution is 2.40. The van der Waals surface area contributed by atoms with E-state index in [0.29, 0.717) is 43.4 Å². The van der Waals surface area contributed by atoms with E-state index in [1.807, 2.05) is 72.8 Å². The number of carbonyl (C=O) groups is 1. The van der Waals surface area contributed by atoms with Crippen molar-refractivity contribution < 1.29 is 18.7 Å². The molecule has 5 aromatic rings. The molecular weight excluding hydrogens is 604 g/mol. The molecule has 3 aromatic carbocycles. The fourth-order valence-corrected chi connectivity index (χ4v) is 6.58. The van der Waals surface area contributed by atoms with Gasteiger partial charge in [-0.15, -0.1) is 0 Å². The summed E-state index contributed by atoms with van der Waals surface area (Å²) in [6.45, 7) is 3.71. The molecule has 0 aliphatic carbocycles. The molecule has 0 saturated carbocycles. The maximum atomic E-state index is 14.1. The van der Waals surface area contributed by atoms with Crippen LogP contribution in [-0.2, 0) is 9.53 Å². The molecule has 0 saturated heterocycles. The third-order valence-corrected chi connectivity index (χ3v) is 8.43. The zero-order valence-electron chi connectivity index (χ0n) is 22.5. The van der Waals surface area contributed by atoms with E-state index in [9.17, 15) is 9.59 Å². The second kappa shape index (κ2) is 11.0. The van der Waals surface area contributed by atoms with Gasteiger partial charge in [0.15, 0.2) is 4.80 Å². The van der Waals surface area contributed by atoms with Gasteiger partial charge in [-0.2, -0.15) is 0 Å². The first-order valence-corrected chi connectivity index (χ1v) is 14.6. The van der Waals surface area contributed by atoms with Gasteiger partial charge in [-0.25, -0.2) is 9.79 Å². The Kier molecular flexibility index (Phi) is 7.23. The predicted octanol–water partition coefficient (Wildman–Crippen LogP) is 5.98. The Bertz CT molecular complexity index is 2030. The Hall–Kier alpha value is -4.21. The van der Waals surface area contributed by atoms with Crippen LogP contribution in [0.3, 0.4) is 0 Å². The van der Waals surface area contributed by atoms with Crippen LogP contribution in [0.1, 0.15) is 31.2 Å². The number of thiazole rings is 1. The second-order valence-corrected chi connectivity index (χ2v) is 11.3. The largest absolute Gasteiger partial charge is 0.496 e. The lowest BCUT2D eigenvalue weighted by Gasteiger charge is -2.27. The first-order valence-electron chi connectivity index (χ1n) is 13.0. The first-order chi connectivity index (χ1) is 19.9. The summed E-state index contributed by atoms with van der Waals surface area (Å²) in [5, 5.41) is 1.83. The Balaban J connectivity index is 1.57. The molecule has 9 heteroatoms. The molecule has 3 heterocycles. The lowest BCUT2D eigenvalue weighted by atomic mass is 9.90. The molecule has 0 fully saturated rings. The van der Waals surface area contributed by atoms with Crippen LogP contribution in [0, 0.1) is 0 Å². The van der Waals surface area contributed by atoms with Crippen molar-refractivity contribution >= 4 is 50.1 Å². The number of hydrogen-bond acceptors (Lipinski definition) is 7. The number of benzene rings is 3. The number of allylic oxidation sites excluding steroid dienone is 1. The van der Waals surface area contributed by atoms with Crippen molar-refractivity contribution in [2.75, 3.05) is 13.7 Å². The summed E-state index contributed by atoms with van der Waals surface area (Å²) in [4.78, 5) is 32.7. The highest BCUT2D eigenvalue weighted by atomic mass is 79.9. The van der Waals surface area contributed by atoms with Crippen molar-refractivity contribution in [3.8, 4) is 17.1 Å². The van der Waals surface area contributed by atoms with Gasteiger partial charge < -0.3 is 13.9 Å². The van der Waals surface area contributed by atoms with E-state index in [0.717, 1.165) is 20.8 Å². The summed E-state index contributed by atoms with van der Waals surface area (Å²) in [7, 11) is 1.58. The number of nitrogens with zero attached hydrogens (tertiary/aromatic N) is 2. The van der Waals surface area contributed by atoms with E-state index in [4.69, 9.17) is 18.9 Å². The Labute approximate surface area is 247 Å². The van der Waals surface area contributed by atoms with Gasteiger partial charge in [0.25, 0.3) is 5.56 Å². The van der Waals surface area contributed by atoms with Crippen LogP contribution in [0.15, 0.2) is 103 Å². The molecule has 1 aliphatic heterocycles. The molecule has 0 radical (unpaired) electrons. The Morgan fingerprint density at radius 3 is 2.73 bits per heavy atom.